The predicted molar refractivity (Wildman–Crippen MR) is 94.4 cm³/mol. The molecule has 25 heavy (non-hydrogen) atoms. The van der Waals surface area contributed by atoms with E-state index in [9.17, 15) is 0 Å². The summed E-state index contributed by atoms with van der Waals surface area (Å²) in [5.41, 5.74) is 5.37. The average Bonchev–Trinajstić information content (AvgIpc) is 3.11. The molecule has 128 valence electrons. The number of aryl methyl sites for hydroxylation is 2. The molecule has 5 nitrogen and oxygen atoms in total. The van der Waals surface area contributed by atoms with E-state index in [2.05, 4.69) is 23.4 Å². The monoisotopic (exact) mass is 337 g/mol. The molecular weight excluding hydrogens is 318 g/mol. The summed E-state index contributed by atoms with van der Waals surface area (Å²) in [7, 11) is 4.80. The summed E-state index contributed by atoms with van der Waals surface area (Å²) in [6, 6.07) is 12.2. The largest absolute Gasteiger partial charge is 0.493 e. The molecule has 1 aliphatic carbocycles. The number of methoxy groups -OCH3 is 3. The number of rotatable bonds is 4. The molecule has 0 unspecified atom stereocenters. The Hall–Kier alpha value is -2.95. The molecule has 0 radical (unpaired) electrons. The van der Waals surface area contributed by atoms with E-state index < -0.39 is 0 Å². The van der Waals surface area contributed by atoms with Crippen molar-refractivity contribution < 1.29 is 18.7 Å². The zero-order chi connectivity index (χ0) is 17.4. The predicted octanol–water partition coefficient (Wildman–Crippen LogP) is 4.13. The second-order valence-electron chi connectivity index (χ2n) is 5.90. The molecule has 0 spiro atoms. The van der Waals surface area contributed by atoms with E-state index >= 15 is 0 Å². The van der Waals surface area contributed by atoms with Gasteiger partial charge in [-0.2, -0.15) is 0 Å². The van der Waals surface area contributed by atoms with E-state index in [1.54, 1.807) is 21.3 Å². The molecule has 0 saturated carbocycles. The molecule has 1 aliphatic rings. The lowest BCUT2D eigenvalue weighted by Crippen LogP contribution is -2.03. The minimum absolute atomic E-state index is 0.558. The molecule has 0 aliphatic heterocycles. The Labute approximate surface area is 146 Å². The zero-order valence-corrected chi connectivity index (χ0v) is 14.5. The van der Waals surface area contributed by atoms with E-state index in [1.165, 1.54) is 11.1 Å². The van der Waals surface area contributed by atoms with Crippen LogP contribution in [0.3, 0.4) is 0 Å². The summed E-state index contributed by atoms with van der Waals surface area (Å²) in [6.45, 7) is 0. The number of hydrogen-bond donors (Lipinski definition) is 0. The molecule has 1 aromatic heterocycles. The van der Waals surface area contributed by atoms with Gasteiger partial charge in [0.2, 0.25) is 5.75 Å². The molecule has 0 saturated heterocycles. The van der Waals surface area contributed by atoms with Gasteiger partial charge in [0.15, 0.2) is 17.3 Å². The van der Waals surface area contributed by atoms with Crippen LogP contribution in [-0.2, 0) is 12.8 Å². The highest BCUT2D eigenvalue weighted by Gasteiger charge is 2.26. The molecule has 0 bridgehead atoms. The van der Waals surface area contributed by atoms with Crippen LogP contribution >= 0.6 is 0 Å². The van der Waals surface area contributed by atoms with Gasteiger partial charge in [0, 0.05) is 5.56 Å². The molecule has 1 heterocycles. The summed E-state index contributed by atoms with van der Waals surface area (Å²) < 4.78 is 22.1. The fraction of sp³-hybridized carbons (Fsp3) is 0.250. The van der Waals surface area contributed by atoms with Gasteiger partial charge in [-0.15, -0.1) is 0 Å². The van der Waals surface area contributed by atoms with Crippen LogP contribution in [0.15, 0.2) is 40.9 Å². The third-order valence-electron chi connectivity index (χ3n) is 4.61. The van der Waals surface area contributed by atoms with Crippen molar-refractivity contribution in [2.45, 2.75) is 12.8 Å². The molecule has 2 aromatic carbocycles. The molecule has 5 heteroatoms. The Morgan fingerprint density at radius 1 is 0.920 bits per heavy atom. The van der Waals surface area contributed by atoms with E-state index in [0.717, 1.165) is 35.4 Å². The normalized spacial score (nSPS) is 12.3. The van der Waals surface area contributed by atoms with Crippen LogP contribution in [-0.4, -0.2) is 26.5 Å². The Balaban J connectivity index is 1.93. The second-order valence-corrected chi connectivity index (χ2v) is 5.90. The molecule has 0 N–H and O–H groups in total. The first-order valence-electron chi connectivity index (χ1n) is 8.14. The van der Waals surface area contributed by atoms with Gasteiger partial charge in [-0.3, -0.25) is 0 Å². The summed E-state index contributed by atoms with van der Waals surface area (Å²) in [5, 5.41) is 4.30. The van der Waals surface area contributed by atoms with Gasteiger partial charge in [0.1, 0.15) is 0 Å². The maximum Gasteiger partial charge on any atom is 0.203 e. The lowest BCUT2D eigenvalue weighted by atomic mass is 9.87. The minimum Gasteiger partial charge on any atom is -0.493 e. The van der Waals surface area contributed by atoms with Crippen molar-refractivity contribution in [2.24, 2.45) is 0 Å². The smallest absolute Gasteiger partial charge is 0.203 e. The van der Waals surface area contributed by atoms with Crippen LogP contribution in [0.2, 0.25) is 0 Å². The van der Waals surface area contributed by atoms with E-state index in [0.29, 0.717) is 17.2 Å². The number of ether oxygens (including phenoxy) is 3. The highest BCUT2D eigenvalue weighted by molar-refractivity contribution is 5.85. The average molecular weight is 337 g/mol. The van der Waals surface area contributed by atoms with Crippen LogP contribution in [0.5, 0.6) is 17.2 Å². The first kappa shape index (κ1) is 15.6. The van der Waals surface area contributed by atoms with Crippen LogP contribution in [0.4, 0.5) is 0 Å². The van der Waals surface area contributed by atoms with Crippen LogP contribution in [0.1, 0.15) is 11.3 Å². The Kier molecular flexibility index (Phi) is 3.84. The minimum atomic E-state index is 0.558. The SMILES string of the molecule is COc1cc(-c2onc3c2-c2ccccc2CC3)cc(OC)c1OC. The van der Waals surface area contributed by atoms with E-state index in [4.69, 9.17) is 18.7 Å². The van der Waals surface area contributed by atoms with Gasteiger partial charge >= 0.3 is 0 Å². The van der Waals surface area contributed by atoms with Crippen LogP contribution in [0.25, 0.3) is 22.5 Å². The maximum atomic E-state index is 5.73. The van der Waals surface area contributed by atoms with Crippen molar-refractivity contribution >= 4 is 0 Å². The van der Waals surface area contributed by atoms with E-state index in [-0.39, 0.29) is 0 Å². The summed E-state index contributed by atoms with van der Waals surface area (Å²) in [5.74, 6) is 2.46. The lowest BCUT2D eigenvalue weighted by molar-refractivity contribution is 0.324. The summed E-state index contributed by atoms with van der Waals surface area (Å²) in [4.78, 5) is 0. The number of hydrogen-bond acceptors (Lipinski definition) is 5. The summed E-state index contributed by atoms with van der Waals surface area (Å²) >= 11 is 0. The van der Waals surface area contributed by atoms with Gasteiger partial charge in [0.25, 0.3) is 0 Å². The lowest BCUT2D eigenvalue weighted by Gasteiger charge is -2.16. The molecule has 3 aromatic rings. The van der Waals surface area contributed by atoms with Crippen molar-refractivity contribution in [1.82, 2.24) is 5.16 Å². The van der Waals surface area contributed by atoms with Crippen LogP contribution in [0, 0.1) is 0 Å². The van der Waals surface area contributed by atoms with Gasteiger partial charge in [0.05, 0.1) is 32.6 Å². The van der Waals surface area contributed by atoms with Gasteiger partial charge < -0.3 is 18.7 Å². The summed E-state index contributed by atoms with van der Waals surface area (Å²) in [6.07, 6.45) is 1.85. The Morgan fingerprint density at radius 3 is 2.32 bits per heavy atom. The molecule has 4 rings (SSSR count). The zero-order valence-electron chi connectivity index (χ0n) is 14.5. The molecule has 0 fully saturated rings. The number of nitrogens with zero attached hydrogens (tertiary/aromatic N) is 1. The fourth-order valence-electron chi connectivity index (χ4n) is 3.42. The molecule has 0 amide bonds. The first-order chi connectivity index (χ1) is 12.3. The first-order valence-corrected chi connectivity index (χ1v) is 8.14. The highest BCUT2D eigenvalue weighted by Crippen LogP contribution is 2.45. The van der Waals surface area contributed by atoms with Crippen molar-refractivity contribution in [2.75, 3.05) is 21.3 Å². The molecular formula is C20H19NO4. The van der Waals surface area contributed by atoms with Gasteiger partial charge in [-0.25, -0.2) is 0 Å². The standard InChI is InChI=1S/C20H19NO4/c1-22-16-10-13(11-17(23-2)20(16)24-3)19-18-14-7-5-4-6-12(14)8-9-15(18)21-25-19/h4-7,10-11H,8-9H2,1-3H3. The quantitative estimate of drug-likeness (QED) is 0.716. The van der Waals surface area contributed by atoms with Gasteiger partial charge in [-0.05, 0) is 36.1 Å². The highest BCUT2D eigenvalue weighted by atomic mass is 16.5. The van der Waals surface area contributed by atoms with Crippen molar-refractivity contribution in [3.05, 3.63) is 47.7 Å². The topological polar surface area (TPSA) is 53.7 Å². The number of aromatic nitrogens is 1. The van der Waals surface area contributed by atoms with Crippen molar-refractivity contribution in [3.8, 4) is 39.7 Å². The third kappa shape index (κ3) is 2.43. The van der Waals surface area contributed by atoms with Crippen molar-refractivity contribution in [1.29, 1.82) is 0 Å². The van der Waals surface area contributed by atoms with Crippen molar-refractivity contribution in [3.63, 3.8) is 0 Å². The van der Waals surface area contributed by atoms with Gasteiger partial charge in [-0.1, -0.05) is 29.4 Å². The maximum absolute atomic E-state index is 5.73. The van der Waals surface area contributed by atoms with Crippen LogP contribution < -0.4 is 14.2 Å². The Morgan fingerprint density at radius 2 is 1.64 bits per heavy atom. The number of benzene rings is 2. The van der Waals surface area contributed by atoms with E-state index in [1.807, 2.05) is 18.2 Å². The third-order valence-corrected chi connectivity index (χ3v) is 4.61. The second kappa shape index (κ2) is 6.16. The Bertz CT molecular complexity index is 904. The number of fused-ring (bicyclic) bond motifs is 3. The molecule has 0 atom stereocenters. The fourth-order valence-corrected chi connectivity index (χ4v) is 3.42.